The number of hydrogen-bond donors (Lipinski definition) is 1. The van der Waals surface area contributed by atoms with Crippen molar-refractivity contribution in [2.75, 3.05) is 13.7 Å². The average molecular weight is 268 g/mol. The lowest BCUT2D eigenvalue weighted by Crippen LogP contribution is -2.23. The minimum absolute atomic E-state index is 0.0872. The lowest BCUT2D eigenvalue weighted by atomic mass is 10.3. The zero-order chi connectivity index (χ0) is 13.2. The highest BCUT2D eigenvalue weighted by Gasteiger charge is 2.27. The Kier molecular flexibility index (Phi) is 3.24. The molecule has 0 aromatic heterocycles. The molecule has 7 heteroatoms. The minimum Gasteiger partial charge on any atom is -0.497 e. The van der Waals surface area contributed by atoms with Crippen molar-refractivity contribution in [3.05, 3.63) is 35.5 Å². The molecule has 0 aliphatic carbocycles. The van der Waals surface area contributed by atoms with Gasteiger partial charge in [0.05, 0.1) is 13.3 Å². The van der Waals surface area contributed by atoms with Crippen molar-refractivity contribution < 1.29 is 17.9 Å². The molecule has 0 fully saturated rings. The van der Waals surface area contributed by atoms with Gasteiger partial charge in [0.15, 0.2) is 10.1 Å². The van der Waals surface area contributed by atoms with Gasteiger partial charge in [-0.2, -0.15) is 0 Å². The molecule has 0 spiro atoms. The molecule has 0 radical (unpaired) electrons. The van der Waals surface area contributed by atoms with Crippen LogP contribution in [0.2, 0.25) is 0 Å². The number of hydrogen-bond acceptors (Lipinski definition) is 6. The van der Waals surface area contributed by atoms with Gasteiger partial charge < -0.3 is 15.2 Å². The number of methoxy groups -OCH3 is 1. The summed E-state index contributed by atoms with van der Waals surface area (Å²) < 4.78 is 33.5. The Hall–Kier alpha value is -2.02. The maximum absolute atomic E-state index is 11.6. The first-order chi connectivity index (χ1) is 8.54. The first-order valence-electron chi connectivity index (χ1n) is 5.08. The van der Waals surface area contributed by atoms with Crippen LogP contribution < -0.4 is 15.2 Å². The Bertz CT molecular complexity index is 602. The molecule has 1 aliphatic heterocycles. The van der Waals surface area contributed by atoms with Crippen molar-refractivity contribution in [1.29, 1.82) is 0 Å². The van der Waals surface area contributed by atoms with E-state index in [9.17, 15) is 8.42 Å². The molecule has 18 heavy (non-hydrogen) atoms. The highest BCUT2D eigenvalue weighted by molar-refractivity contribution is 8.10. The number of ether oxygens (including phenoxy) is 2. The number of sulfone groups is 1. The van der Waals surface area contributed by atoms with Crippen LogP contribution in [-0.2, 0) is 9.84 Å². The molecule has 6 nitrogen and oxygen atoms in total. The molecule has 0 atom stereocenters. The van der Waals surface area contributed by atoms with E-state index in [4.69, 9.17) is 15.2 Å². The topological polar surface area (TPSA) is 91.0 Å². The van der Waals surface area contributed by atoms with Gasteiger partial charge in [-0.3, -0.25) is 0 Å². The Morgan fingerprint density at radius 2 is 1.83 bits per heavy atom. The number of benzene rings is 1. The third-order valence-corrected chi connectivity index (χ3v) is 3.95. The van der Waals surface area contributed by atoms with Crippen LogP contribution in [0.5, 0.6) is 11.5 Å². The summed E-state index contributed by atoms with van der Waals surface area (Å²) in [5, 5.41) is -0.341. The summed E-state index contributed by atoms with van der Waals surface area (Å²) in [5.74, 6) is 1.22. The first kappa shape index (κ1) is 12.4. The maximum Gasteiger partial charge on any atom is 0.239 e. The smallest absolute Gasteiger partial charge is 0.239 e. The van der Waals surface area contributed by atoms with Crippen molar-refractivity contribution in [3.8, 4) is 11.5 Å². The van der Waals surface area contributed by atoms with Gasteiger partial charge in [-0.15, -0.1) is 0 Å². The van der Waals surface area contributed by atoms with E-state index >= 15 is 0 Å². The number of nitrogens with zero attached hydrogens (tertiary/aromatic N) is 1. The second-order valence-electron chi connectivity index (χ2n) is 3.52. The molecule has 1 heterocycles. The fourth-order valence-corrected chi connectivity index (χ4v) is 2.21. The summed E-state index contributed by atoms with van der Waals surface area (Å²) in [6.45, 7) is -0.147. The fourth-order valence-electron chi connectivity index (χ4n) is 1.34. The summed E-state index contributed by atoms with van der Waals surface area (Å²) in [6, 6.07) is 6.79. The van der Waals surface area contributed by atoms with Crippen LogP contribution in [0.4, 0.5) is 0 Å². The predicted molar refractivity (Wildman–Crippen MR) is 67.1 cm³/mol. The Morgan fingerprint density at radius 3 is 2.33 bits per heavy atom. The standard InChI is InChI=1S/C11H12N2O4S/c1-16-8-2-4-9(5-3-8)17-7-11-13-6-10(12)18(11,14)15/h2-6H,7,12H2,1H3. The van der Waals surface area contributed by atoms with Crippen molar-refractivity contribution in [3.63, 3.8) is 0 Å². The summed E-state index contributed by atoms with van der Waals surface area (Å²) in [4.78, 5) is 3.71. The second kappa shape index (κ2) is 4.69. The number of nitrogens with two attached hydrogens (primary N) is 1. The molecule has 1 aromatic rings. The van der Waals surface area contributed by atoms with Crippen molar-refractivity contribution in [1.82, 2.24) is 0 Å². The van der Waals surface area contributed by atoms with E-state index in [1.807, 2.05) is 0 Å². The van der Waals surface area contributed by atoms with Gasteiger partial charge in [-0.1, -0.05) is 0 Å². The molecule has 1 aromatic carbocycles. The SMILES string of the molecule is COc1ccc(OCC2=NC=C(N)S2(=O)=O)cc1. The van der Waals surface area contributed by atoms with Crippen LogP contribution in [-0.4, -0.2) is 27.2 Å². The Morgan fingerprint density at radius 1 is 1.22 bits per heavy atom. The molecule has 0 unspecified atom stereocenters. The normalized spacial score (nSPS) is 16.9. The van der Waals surface area contributed by atoms with E-state index in [2.05, 4.69) is 4.99 Å². The molecule has 0 saturated carbocycles. The Balaban J connectivity index is 2.01. The summed E-state index contributed by atoms with van der Waals surface area (Å²) >= 11 is 0. The van der Waals surface area contributed by atoms with Gasteiger partial charge in [0.1, 0.15) is 18.1 Å². The predicted octanol–water partition coefficient (Wildman–Crippen LogP) is 0.659. The largest absolute Gasteiger partial charge is 0.497 e. The monoisotopic (exact) mass is 268 g/mol. The molecule has 0 amide bonds. The molecule has 0 bridgehead atoms. The molecule has 2 rings (SSSR count). The lowest BCUT2D eigenvalue weighted by Gasteiger charge is -2.07. The van der Waals surface area contributed by atoms with Gasteiger partial charge in [-0.25, -0.2) is 13.4 Å². The van der Waals surface area contributed by atoms with Crippen LogP contribution in [0.1, 0.15) is 0 Å². The van der Waals surface area contributed by atoms with Crippen molar-refractivity contribution in [2.45, 2.75) is 0 Å². The maximum atomic E-state index is 11.6. The van der Waals surface area contributed by atoms with Gasteiger partial charge >= 0.3 is 0 Å². The third-order valence-electron chi connectivity index (χ3n) is 2.38. The molecular weight excluding hydrogens is 256 g/mol. The van der Waals surface area contributed by atoms with E-state index in [0.717, 1.165) is 6.20 Å². The zero-order valence-electron chi connectivity index (χ0n) is 9.66. The molecular formula is C11H12N2O4S. The highest BCUT2D eigenvalue weighted by atomic mass is 32.2. The Labute approximate surface area is 105 Å². The minimum atomic E-state index is -3.61. The van der Waals surface area contributed by atoms with Gasteiger partial charge in [-0.05, 0) is 24.3 Å². The van der Waals surface area contributed by atoms with Crippen LogP contribution in [0.25, 0.3) is 0 Å². The summed E-state index contributed by atoms with van der Waals surface area (Å²) in [6.07, 6.45) is 1.11. The summed E-state index contributed by atoms with van der Waals surface area (Å²) in [5.41, 5.74) is 5.30. The number of rotatable bonds is 4. The average Bonchev–Trinajstić information content (AvgIpc) is 2.63. The van der Waals surface area contributed by atoms with Gasteiger partial charge in [0.2, 0.25) is 9.84 Å². The van der Waals surface area contributed by atoms with E-state index in [0.29, 0.717) is 11.5 Å². The summed E-state index contributed by atoms with van der Waals surface area (Å²) in [7, 11) is -2.05. The van der Waals surface area contributed by atoms with Gasteiger partial charge in [0, 0.05) is 0 Å². The number of aliphatic imine (C=N–C) groups is 1. The zero-order valence-corrected chi connectivity index (χ0v) is 10.5. The highest BCUT2D eigenvalue weighted by Crippen LogP contribution is 2.18. The quantitative estimate of drug-likeness (QED) is 0.866. The first-order valence-corrected chi connectivity index (χ1v) is 6.56. The van der Waals surface area contributed by atoms with Crippen LogP contribution in [0.15, 0.2) is 40.5 Å². The van der Waals surface area contributed by atoms with E-state index in [1.54, 1.807) is 31.4 Å². The van der Waals surface area contributed by atoms with Crippen LogP contribution in [0.3, 0.4) is 0 Å². The molecule has 0 saturated heterocycles. The third kappa shape index (κ3) is 2.30. The van der Waals surface area contributed by atoms with E-state index in [1.165, 1.54) is 0 Å². The van der Waals surface area contributed by atoms with Crippen LogP contribution >= 0.6 is 0 Å². The fraction of sp³-hybridized carbons (Fsp3) is 0.182. The lowest BCUT2D eigenvalue weighted by molar-refractivity contribution is 0.375. The van der Waals surface area contributed by atoms with E-state index < -0.39 is 9.84 Å². The second-order valence-corrected chi connectivity index (χ2v) is 5.47. The van der Waals surface area contributed by atoms with Crippen LogP contribution in [0, 0.1) is 0 Å². The molecule has 1 aliphatic rings. The van der Waals surface area contributed by atoms with Crippen molar-refractivity contribution >= 4 is 14.9 Å². The molecule has 2 N–H and O–H groups in total. The molecule has 96 valence electrons. The van der Waals surface area contributed by atoms with Gasteiger partial charge in [0.25, 0.3) is 0 Å². The van der Waals surface area contributed by atoms with Crippen molar-refractivity contribution in [2.24, 2.45) is 10.7 Å². The van der Waals surface area contributed by atoms with E-state index in [-0.39, 0.29) is 16.7 Å².